The number of anilines is 1. The van der Waals surface area contributed by atoms with Gasteiger partial charge in [0.05, 0.1) is 17.7 Å². The SMILES string of the molecule is FC(F)(F)c1cc(NCC2CCOC2)cc(C(F)(F)F)c1. The van der Waals surface area contributed by atoms with Crippen LogP contribution in [0, 0.1) is 5.92 Å². The van der Waals surface area contributed by atoms with Crippen LogP contribution in [0.4, 0.5) is 32.0 Å². The van der Waals surface area contributed by atoms with Gasteiger partial charge in [0.25, 0.3) is 0 Å². The highest BCUT2D eigenvalue weighted by molar-refractivity contribution is 5.50. The highest BCUT2D eigenvalue weighted by Gasteiger charge is 2.37. The second-order valence-electron chi connectivity index (χ2n) is 4.91. The summed E-state index contributed by atoms with van der Waals surface area (Å²) in [5.74, 6) is 0.0916. The molecule has 1 heterocycles. The highest BCUT2D eigenvalue weighted by Crippen LogP contribution is 2.37. The van der Waals surface area contributed by atoms with Crippen LogP contribution >= 0.6 is 0 Å². The third-order valence-electron chi connectivity index (χ3n) is 3.21. The number of nitrogens with one attached hydrogen (secondary N) is 1. The highest BCUT2D eigenvalue weighted by atomic mass is 19.4. The van der Waals surface area contributed by atoms with Crippen molar-refractivity contribution in [3.63, 3.8) is 0 Å². The van der Waals surface area contributed by atoms with Gasteiger partial charge < -0.3 is 10.1 Å². The van der Waals surface area contributed by atoms with Crippen molar-refractivity contribution in [2.24, 2.45) is 5.92 Å². The molecule has 1 aliphatic heterocycles. The van der Waals surface area contributed by atoms with Gasteiger partial charge in [0, 0.05) is 24.8 Å². The van der Waals surface area contributed by atoms with Crippen molar-refractivity contribution < 1.29 is 31.1 Å². The molecule has 0 aromatic heterocycles. The summed E-state index contributed by atoms with van der Waals surface area (Å²) in [6, 6.07) is 1.49. The van der Waals surface area contributed by atoms with E-state index in [0.29, 0.717) is 25.3 Å². The van der Waals surface area contributed by atoms with E-state index < -0.39 is 23.5 Å². The van der Waals surface area contributed by atoms with Crippen LogP contribution in [0.25, 0.3) is 0 Å². The molecule has 0 radical (unpaired) electrons. The van der Waals surface area contributed by atoms with Gasteiger partial charge in [0.1, 0.15) is 0 Å². The van der Waals surface area contributed by atoms with Crippen LogP contribution in [0.1, 0.15) is 17.5 Å². The lowest BCUT2D eigenvalue weighted by Gasteiger charge is -2.16. The van der Waals surface area contributed by atoms with Gasteiger partial charge in [0.15, 0.2) is 0 Å². The minimum atomic E-state index is -4.83. The molecule has 2 rings (SSSR count). The lowest BCUT2D eigenvalue weighted by molar-refractivity contribution is -0.143. The van der Waals surface area contributed by atoms with Crippen LogP contribution in [0.2, 0.25) is 0 Å². The number of ether oxygens (including phenoxy) is 1. The van der Waals surface area contributed by atoms with E-state index in [1.165, 1.54) is 0 Å². The van der Waals surface area contributed by atoms with E-state index in [1.54, 1.807) is 0 Å². The maximum Gasteiger partial charge on any atom is 0.416 e. The van der Waals surface area contributed by atoms with Crippen molar-refractivity contribution in [3.8, 4) is 0 Å². The van der Waals surface area contributed by atoms with E-state index in [1.807, 2.05) is 0 Å². The molecule has 118 valence electrons. The van der Waals surface area contributed by atoms with Gasteiger partial charge in [-0.3, -0.25) is 0 Å². The second kappa shape index (κ2) is 5.75. The number of benzene rings is 1. The van der Waals surface area contributed by atoms with E-state index in [-0.39, 0.29) is 24.2 Å². The molecule has 1 aromatic carbocycles. The quantitative estimate of drug-likeness (QED) is 0.846. The molecule has 0 saturated carbocycles. The molecule has 1 aliphatic rings. The van der Waals surface area contributed by atoms with Crippen LogP contribution < -0.4 is 5.32 Å². The van der Waals surface area contributed by atoms with Crippen molar-refractivity contribution in [2.45, 2.75) is 18.8 Å². The number of hydrogen-bond acceptors (Lipinski definition) is 2. The Bertz CT molecular complexity index is 458. The standard InChI is InChI=1S/C13H13F6NO/c14-12(15,16)9-3-10(13(17,18)19)5-11(4-9)20-6-8-1-2-21-7-8/h3-5,8,20H,1-2,6-7H2. The zero-order valence-corrected chi connectivity index (χ0v) is 10.8. The molecule has 0 spiro atoms. The Morgan fingerprint density at radius 1 is 1.00 bits per heavy atom. The van der Waals surface area contributed by atoms with Crippen molar-refractivity contribution in [1.29, 1.82) is 0 Å². The lowest BCUT2D eigenvalue weighted by Crippen LogP contribution is -2.16. The average Bonchev–Trinajstić information content (AvgIpc) is 2.87. The van der Waals surface area contributed by atoms with Crippen molar-refractivity contribution in [1.82, 2.24) is 0 Å². The van der Waals surface area contributed by atoms with Gasteiger partial charge in [0.2, 0.25) is 0 Å². The fourth-order valence-corrected chi connectivity index (χ4v) is 2.06. The first kappa shape index (κ1) is 15.9. The first-order chi connectivity index (χ1) is 9.66. The maximum absolute atomic E-state index is 12.7. The molecular weight excluding hydrogens is 300 g/mol. The first-order valence-electron chi connectivity index (χ1n) is 6.27. The third kappa shape index (κ3) is 4.26. The maximum atomic E-state index is 12.7. The minimum Gasteiger partial charge on any atom is -0.385 e. The fraction of sp³-hybridized carbons (Fsp3) is 0.538. The molecule has 21 heavy (non-hydrogen) atoms. The minimum absolute atomic E-state index is 0.0916. The van der Waals surface area contributed by atoms with Crippen molar-refractivity contribution >= 4 is 5.69 Å². The van der Waals surface area contributed by atoms with Crippen LogP contribution in [0.15, 0.2) is 18.2 Å². The zero-order valence-electron chi connectivity index (χ0n) is 10.8. The van der Waals surface area contributed by atoms with E-state index in [2.05, 4.69) is 5.32 Å². The average molecular weight is 313 g/mol. The molecule has 1 unspecified atom stereocenters. The predicted molar refractivity (Wildman–Crippen MR) is 63.9 cm³/mol. The predicted octanol–water partition coefficient (Wildman–Crippen LogP) is 4.17. The summed E-state index contributed by atoms with van der Waals surface area (Å²) >= 11 is 0. The molecule has 0 bridgehead atoms. The van der Waals surface area contributed by atoms with E-state index in [9.17, 15) is 26.3 Å². The van der Waals surface area contributed by atoms with E-state index in [0.717, 1.165) is 6.42 Å². The number of alkyl halides is 6. The molecule has 1 fully saturated rings. The van der Waals surface area contributed by atoms with E-state index in [4.69, 9.17) is 4.74 Å². The summed E-state index contributed by atoms with van der Waals surface area (Å²) in [7, 11) is 0. The molecule has 8 heteroatoms. The summed E-state index contributed by atoms with van der Waals surface area (Å²) in [5, 5.41) is 2.63. The fourth-order valence-electron chi connectivity index (χ4n) is 2.06. The topological polar surface area (TPSA) is 21.3 Å². The molecule has 0 amide bonds. The third-order valence-corrected chi connectivity index (χ3v) is 3.21. The largest absolute Gasteiger partial charge is 0.416 e. The number of hydrogen-bond donors (Lipinski definition) is 1. The Balaban J connectivity index is 2.22. The Morgan fingerprint density at radius 2 is 1.57 bits per heavy atom. The Labute approximate surface area is 117 Å². The van der Waals surface area contributed by atoms with Gasteiger partial charge >= 0.3 is 12.4 Å². The molecule has 0 aliphatic carbocycles. The molecule has 2 nitrogen and oxygen atoms in total. The van der Waals surface area contributed by atoms with Crippen LogP contribution in [-0.4, -0.2) is 19.8 Å². The number of halogens is 6. The van der Waals surface area contributed by atoms with Gasteiger partial charge in [-0.1, -0.05) is 0 Å². The second-order valence-corrected chi connectivity index (χ2v) is 4.91. The zero-order chi connectivity index (χ0) is 15.7. The van der Waals surface area contributed by atoms with Gasteiger partial charge in [-0.15, -0.1) is 0 Å². The van der Waals surface area contributed by atoms with Gasteiger partial charge in [-0.2, -0.15) is 26.3 Å². The molecular formula is C13H13F6NO. The monoisotopic (exact) mass is 313 g/mol. The summed E-state index contributed by atoms with van der Waals surface area (Å²) in [6.45, 7) is 1.29. The van der Waals surface area contributed by atoms with E-state index >= 15 is 0 Å². The van der Waals surface area contributed by atoms with Crippen molar-refractivity contribution in [3.05, 3.63) is 29.3 Å². The van der Waals surface area contributed by atoms with Gasteiger partial charge in [-0.25, -0.2) is 0 Å². The van der Waals surface area contributed by atoms with Crippen LogP contribution in [0.3, 0.4) is 0 Å². The molecule has 1 atom stereocenters. The Hall–Kier alpha value is -1.44. The first-order valence-corrected chi connectivity index (χ1v) is 6.27. The smallest absolute Gasteiger partial charge is 0.385 e. The normalized spacial score (nSPS) is 19.8. The lowest BCUT2D eigenvalue weighted by atomic mass is 10.1. The van der Waals surface area contributed by atoms with Gasteiger partial charge in [-0.05, 0) is 24.6 Å². The summed E-state index contributed by atoms with van der Waals surface area (Å²) in [4.78, 5) is 0. The Morgan fingerprint density at radius 3 is 2.00 bits per heavy atom. The van der Waals surface area contributed by atoms with Crippen LogP contribution in [-0.2, 0) is 17.1 Å². The summed E-state index contributed by atoms with van der Waals surface area (Å²) in [5.41, 5.74) is -2.82. The number of rotatable bonds is 3. The summed E-state index contributed by atoms with van der Waals surface area (Å²) in [6.07, 6.45) is -8.92. The molecule has 1 saturated heterocycles. The Kier molecular flexibility index (Phi) is 4.36. The van der Waals surface area contributed by atoms with Crippen LogP contribution in [0.5, 0.6) is 0 Å². The molecule has 1 N–H and O–H groups in total. The molecule has 1 aromatic rings. The van der Waals surface area contributed by atoms with Crippen molar-refractivity contribution in [2.75, 3.05) is 25.1 Å². The summed E-state index contributed by atoms with van der Waals surface area (Å²) < 4.78 is 81.1.